The Morgan fingerprint density at radius 1 is 1.00 bits per heavy atom. The monoisotopic (exact) mass is 252 g/mol. The van der Waals surface area contributed by atoms with E-state index in [-0.39, 0.29) is 0 Å². The maximum atomic E-state index is 9.58. The van der Waals surface area contributed by atoms with E-state index in [9.17, 15) is 10.2 Å². The molecule has 4 atom stereocenters. The summed E-state index contributed by atoms with van der Waals surface area (Å²) in [6.07, 6.45) is -3.12. The van der Waals surface area contributed by atoms with E-state index < -0.39 is 36.7 Å². The topological polar surface area (TPSA) is 185 Å². The van der Waals surface area contributed by atoms with Crippen LogP contribution in [0.4, 0.5) is 0 Å². The Morgan fingerprint density at radius 2 is 1.53 bits per heavy atom. The highest BCUT2D eigenvalue weighted by atomic mass is 16.4. The van der Waals surface area contributed by atoms with Crippen molar-refractivity contribution in [3.63, 3.8) is 0 Å². The lowest BCUT2D eigenvalue weighted by Crippen LogP contribution is -2.58. The van der Waals surface area contributed by atoms with Gasteiger partial charge >= 0.3 is 0 Å². The van der Waals surface area contributed by atoms with Crippen molar-refractivity contribution in [2.45, 2.75) is 49.4 Å². The number of hydrogen-bond acceptors (Lipinski definition) is 8. The molecule has 0 rings (SSSR count). The fraction of sp³-hybridized carbons (Fsp3) is 1.00. The van der Waals surface area contributed by atoms with Crippen LogP contribution in [0.1, 0.15) is 19.3 Å². The summed E-state index contributed by atoms with van der Waals surface area (Å²) in [5.41, 5.74) is 21.7. The molecule has 0 aliphatic heterocycles. The minimum absolute atomic E-state index is 0.312. The SMILES string of the molecule is NC(CCCC(N)(N)N)C(O)[C@H](O)[C@H](O)CO. The summed E-state index contributed by atoms with van der Waals surface area (Å²) in [6, 6.07) is -0.756. The molecule has 104 valence electrons. The second-order valence-corrected chi connectivity index (χ2v) is 4.40. The fourth-order valence-corrected chi connectivity index (χ4v) is 1.40. The van der Waals surface area contributed by atoms with Gasteiger partial charge in [-0.25, -0.2) is 0 Å². The molecule has 0 amide bonds. The molecule has 0 aliphatic carbocycles. The van der Waals surface area contributed by atoms with Crippen molar-refractivity contribution in [2.24, 2.45) is 22.9 Å². The smallest absolute Gasteiger partial charge is 0.115 e. The molecule has 8 nitrogen and oxygen atoms in total. The van der Waals surface area contributed by atoms with Crippen molar-refractivity contribution < 1.29 is 20.4 Å². The Morgan fingerprint density at radius 3 is 1.94 bits per heavy atom. The molecular formula is C9H24N4O4. The van der Waals surface area contributed by atoms with Crippen LogP contribution in [0.25, 0.3) is 0 Å². The molecule has 0 radical (unpaired) electrons. The van der Waals surface area contributed by atoms with Crippen LogP contribution in [0.15, 0.2) is 0 Å². The van der Waals surface area contributed by atoms with Gasteiger partial charge < -0.3 is 43.4 Å². The Hall–Kier alpha value is -0.320. The van der Waals surface area contributed by atoms with Gasteiger partial charge in [-0.1, -0.05) is 0 Å². The van der Waals surface area contributed by atoms with Gasteiger partial charge in [0.25, 0.3) is 0 Å². The van der Waals surface area contributed by atoms with Crippen LogP contribution in [0.5, 0.6) is 0 Å². The molecule has 0 bridgehead atoms. The summed E-state index contributed by atoms with van der Waals surface area (Å²) in [6.45, 7) is -0.650. The lowest BCUT2D eigenvalue weighted by Gasteiger charge is -2.27. The lowest BCUT2D eigenvalue weighted by atomic mass is 9.97. The maximum Gasteiger partial charge on any atom is 0.115 e. The predicted molar refractivity (Wildman–Crippen MR) is 62.2 cm³/mol. The van der Waals surface area contributed by atoms with Crippen molar-refractivity contribution in [2.75, 3.05) is 6.61 Å². The standard InChI is InChI=1S/C9H24N4O4/c10-5(2-1-3-9(11,12)13)7(16)8(17)6(15)4-14/h5-8,14-17H,1-4,10-13H2/t5?,6-,7?,8-/m1/s1. The van der Waals surface area contributed by atoms with Crippen molar-refractivity contribution in [1.82, 2.24) is 0 Å². The van der Waals surface area contributed by atoms with Crippen LogP contribution >= 0.6 is 0 Å². The summed E-state index contributed by atoms with van der Waals surface area (Å²) in [5, 5.41) is 36.7. The maximum absolute atomic E-state index is 9.58. The van der Waals surface area contributed by atoms with Gasteiger partial charge in [0.15, 0.2) is 0 Å². The highest BCUT2D eigenvalue weighted by molar-refractivity contribution is 4.83. The fourth-order valence-electron chi connectivity index (χ4n) is 1.40. The van der Waals surface area contributed by atoms with Crippen LogP contribution in [0.3, 0.4) is 0 Å². The quantitative estimate of drug-likeness (QED) is 0.201. The van der Waals surface area contributed by atoms with E-state index in [1.54, 1.807) is 0 Å². The third-order valence-electron chi connectivity index (χ3n) is 2.52. The van der Waals surface area contributed by atoms with E-state index >= 15 is 0 Å². The molecule has 2 unspecified atom stereocenters. The molecule has 0 fully saturated rings. The van der Waals surface area contributed by atoms with Crippen LogP contribution in [-0.2, 0) is 0 Å². The first-order valence-corrected chi connectivity index (χ1v) is 5.46. The molecule has 0 aromatic heterocycles. The first-order chi connectivity index (χ1) is 7.69. The summed E-state index contributed by atoms with van der Waals surface area (Å²) in [7, 11) is 0. The zero-order valence-electron chi connectivity index (χ0n) is 9.74. The summed E-state index contributed by atoms with van der Waals surface area (Å²) < 4.78 is 0. The van der Waals surface area contributed by atoms with E-state index in [0.29, 0.717) is 19.3 Å². The van der Waals surface area contributed by atoms with E-state index in [1.165, 1.54) is 0 Å². The Kier molecular flexibility index (Phi) is 7.05. The second kappa shape index (κ2) is 7.19. The molecule has 12 N–H and O–H groups in total. The molecule has 0 saturated carbocycles. The first kappa shape index (κ1) is 16.7. The number of rotatable bonds is 8. The average Bonchev–Trinajstić information content (AvgIpc) is 2.24. The van der Waals surface area contributed by atoms with Crippen molar-refractivity contribution in [3.05, 3.63) is 0 Å². The van der Waals surface area contributed by atoms with Gasteiger partial charge in [-0.05, 0) is 19.3 Å². The van der Waals surface area contributed by atoms with E-state index in [1.807, 2.05) is 0 Å². The molecule has 0 heterocycles. The van der Waals surface area contributed by atoms with E-state index in [4.69, 9.17) is 33.1 Å². The van der Waals surface area contributed by atoms with E-state index in [2.05, 4.69) is 0 Å². The minimum Gasteiger partial charge on any atom is -0.394 e. The first-order valence-electron chi connectivity index (χ1n) is 5.46. The predicted octanol–water partition coefficient (Wildman–Crippen LogP) is -3.91. The zero-order chi connectivity index (χ0) is 13.6. The second-order valence-electron chi connectivity index (χ2n) is 4.40. The molecule has 0 aromatic carbocycles. The van der Waals surface area contributed by atoms with Gasteiger partial charge in [0.1, 0.15) is 18.0 Å². The summed E-state index contributed by atoms with van der Waals surface area (Å²) in [5.74, 6) is -1.28. The number of nitrogens with two attached hydrogens (primary N) is 4. The van der Waals surface area contributed by atoms with Gasteiger partial charge in [-0.3, -0.25) is 0 Å². The van der Waals surface area contributed by atoms with Crippen LogP contribution < -0.4 is 22.9 Å². The summed E-state index contributed by atoms with van der Waals surface area (Å²) in [4.78, 5) is 0. The Bertz CT molecular complexity index is 212. The molecule has 0 saturated heterocycles. The van der Waals surface area contributed by atoms with Crippen LogP contribution in [0, 0.1) is 0 Å². The zero-order valence-corrected chi connectivity index (χ0v) is 9.74. The van der Waals surface area contributed by atoms with Crippen molar-refractivity contribution >= 4 is 0 Å². The molecule has 8 heteroatoms. The average molecular weight is 252 g/mol. The highest BCUT2D eigenvalue weighted by Crippen LogP contribution is 2.10. The molecule has 0 aromatic rings. The van der Waals surface area contributed by atoms with E-state index in [0.717, 1.165) is 0 Å². The molecule has 0 spiro atoms. The number of hydrogen-bond donors (Lipinski definition) is 8. The van der Waals surface area contributed by atoms with Gasteiger partial charge in [0, 0.05) is 6.04 Å². The highest BCUT2D eigenvalue weighted by Gasteiger charge is 2.28. The number of aliphatic hydroxyl groups excluding tert-OH is 4. The normalized spacial score (nSPS) is 19.8. The minimum atomic E-state index is -1.49. The van der Waals surface area contributed by atoms with Gasteiger partial charge in [0.2, 0.25) is 0 Å². The third-order valence-corrected chi connectivity index (χ3v) is 2.52. The van der Waals surface area contributed by atoms with Crippen molar-refractivity contribution in [3.8, 4) is 0 Å². The summed E-state index contributed by atoms with van der Waals surface area (Å²) >= 11 is 0. The molecule has 17 heavy (non-hydrogen) atoms. The largest absolute Gasteiger partial charge is 0.394 e. The third kappa shape index (κ3) is 6.86. The number of aliphatic hydroxyl groups is 4. The van der Waals surface area contributed by atoms with Crippen LogP contribution in [-0.4, -0.2) is 57.2 Å². The molecular weight excluding hydrogens is 228 g/mol. The Labute approximate surface area is 100 Å². The van der Waals surface area contributed by atoms with Crippen LogP contribution in [0.2, 0.25) is 0 Å². The van der Waals surface area contributed by atoms with Gasteiger partial charge in [0.05, 0.1) is 12.7 Å². The van der Waals surface area contributed by atoms with Crippen molar-refractivity contribution in [1.29, 1.82) is 0 Å². The van der Waals surface area contributed by atoms with Gasteiger partial charge in [-0.15, -0.1) is 0 Å². The Balaban J connectivity index is 4.01. The lowest BCUT2D eigenvalue weighted by molar-refractivity contribution is -0.0841. The van der Waals surface area contributed by atoms with Gasteiger partial charge in [-0.2, -0.15) is 0 Å². The molecule has 0 aliphatic rings.